The molecule has 0 N–H and O–H groups in total. The second-order valence-corrected chi connectivity index (χ2v) is 6.26. The SMILES string of the molecule is CCN(CC)C(=O)CN(C)c1cnn(-c2ccc(C(F)(F)F)cn2)c(=O)c1Cl. The number of likely N-dealkylation sites (N-methyl/N-ethyl adjacent to an activating group) is 2. The maximum Gasteiger partial charge on any atom is 0.417 e. The van der Waals surface area contributed by atoms with Gasteiger partial charge < -0.3 is 9.80 Å². The summed E-state index contributed by atoms with van der Waals surface area (Å²) in [6.07, 6.45) is -2.66. The molecule has 0 saturated heterocycles. The number of aromatic nitrogens is 3. The highest BCUT2D eigenvalue weighted by molar-refractivity contribution is 6.33. The van der Waals surface area contributed by atoms with Gasteiger partial charge in [-0.25, -0.2) is 4.98 Å². The van der Waals surface area contributed by atoms with E-state index in [0.717, 1.165) is 16.8 Å². The monoisotopic (exact) mass is 417 g/mol. The van der Waals surface area contributed by atoms with Gasteiger partial charge in [0.1, 0.15) is 5.02 Å². The summed E-state index contributed by atoms with van der Waals surface area (Å²) in [6, 6.07) is 1.83. The second-order valence-electron chi connectivity index (χ2n) is 5.89. The molecule has 0 bridgehead atoms. The van der Waals surface area contributed by atoms with Crippen molar-refractivity contribution in [1.82, 2.24) is 19.7 Å². The zero-order valence-corrected chi connectivity index (χ0v) is 16.3. The number of hydrogen-bond acceptors (Lipinski definition) is 5. The Kier molecular flexibility index (Phi) is 6.65. The second kappa shape index (κ2) is 8.59. The predicted octanol–water partition coefficient (Wildman–Crippen LogP) is 2.60. The lowest BCUT2D eigenvalue weighted by Gasteiger charge is -2.24. The van der Waals surface area contributed by atoms with Crippen molar-refractivity contribution in [2.75, 3.05) is 31.6 Å². The molecule has 0 aliphatic carbocycles. The molecular weight excluding hydrogens is 399 g/mol. The van der Waals surface area contributed by atoms with Crippen LogP contribution in [0.1, 0.15) is 19.4 Å². The quantitative estimate of drug-likeness (QED) is 0.722. The summed E-state index contributed by atoms with van der Waals surface area (Å²) in [7, 11) is 1.59. The molecule has 2 heterocycles. The highest BCUT2D eigenvalue weighted by Crippen LogP contribution is 2.28. The fourth-order valence-corrected chi connectivity index (χ4v) is 2.77. The fourth-order valence-electron chi connectivity index (χ4n) is 2.50. The Hall–Kier alpha value is -2.62. The lowest BCUT2D eigenvalue weighted by atomic mass is 10.3. The Balaban J connectivity index is 2.30. The molecule has 28 heavy (non-hydrogen) atoms. The molecule has 0 unspecified atom stereocenters. The van der Waals surface area contributed by atoms with E-state index < -0.39 is 17.3 Å². The minimum atomic E-state index is -4.54. The molecule has 0 aliphatic rings. The molecule has 2 aromatic rings. The van der Waals surface area contributed by atoms with Crippen molar-refractivity contribution in [3.63, 3.8) is 0 Å². The van der Waals surface area contributed by atoms with Crippen LogP contribution in [0.2, 0.25) is 5.02 Å². The third-order valence-electron chi connectivity index (χ3n) is 4.09. The van der Waals surface area contributed by atoms with Crippen LogP contribution < -0.4 is 10.5 Å². The van der Waals surface area contributed by atoms with Crippen LogP contribution in [-0.2, 0) is 11.0 Å². The summed E-state index contributed by atoms with van der Waals surface area (Å²) in [5.41, 5.74) is -1.47. The third-order valence-corrected chi connectivity index (χ3v) is 4.45. The van der Waals surface area contributed by atoms with E-state index in [0.29, 0.717) is 19.3 Å². The number of halogens is 4. The summed E-state index contributed by atoms with van der Waals surface area (Å²) in [6.45, 7) is 4.81. The molecule has 0 radical (unpaired) electrons. The summed E-state index contributed by atoms with van der Waals surface area (Å²) in [5, 5.41) is 3.71. The fraction of sp³-hybridized carbons (Fsp3) is 0.412. The maximum absolute atomic E-state index is 12.6. The van der Waals surface area contributed by atoms with E-state index in [1.54, 1.807) is 11.9 Å². The number of carbonyl (C=O) groups excluding carboxylic acids is 1. The Bertz CT molecular complexity index is 895. The average molecular weight is 418 g/mol. The summed E-state index contributed by atoms with van der Waals surface area (Å²) < 4.78 is 38.7. The Morgan fingerprint density at radius 1 is 1.21 bits per heavy atom. The van der Waals surface area contributed by atoms with Crippen LogP contribution >= 0.6 is 11.6 Å². The van der Waals surface area contributed by atoms with Crippen LogP contribution in [0.15, 0.2) is 29.3 Å². The van der Waals surface area contributed by atoms with Crippen LogP contribution in [0.3, 0.4) is 0 Å². The first-order chi connectivity index (χ1) is 13.1. The van der Waals surface area contributed by atoms with Crippen LogP contribution in [0.5, 0.6) is 0 Å². The lowest BCUT2D eigenvalue weighted by Crippen LogP contribution is -2.39. The van der Waals surface area contributed by atoms with Crippen LogP contribution in [0.4, 0.5) is 18.9 Å². The van der Waals surface area contributed by atoms with Gasteiger partial charge in [0.25, 0.3) is 5.56 Å². The molecule has 0 fully saturated rings. The van der Waals surface area contributed by atoms with Crippen molar-refractivity contribution in [1.29, 1.82) is 0 Å². The molecule has 0 spiro atoms. The molecule has 2 rings (SSSR count). The number of anilines is 1. The predicted molar refractivity (Wildman–Crippen MR) is 98.8 cm³/mol. The van der Waals surface area contributed by atoms with Crippen LogP contribution in [0, 0.1) is 0 Å². The average Bonchev–Trinajstić information content (AvgIpc) is 2.64. The van der Waals surface area contributed by atoms with E-state index in [2.05, 4.69) is 10.1 Å². The topological polar surface area (TPSA) is 71.3 Å². The number of alkyl halides is 3. The van der Waals surface area contributed by atoms with Gasteiger partial charge in [0.05, 0.1) is 24.0 Å². The standard InChI is InChI=1S/C17H19ClF3N5O2/c1-4-25(5-2)14(27)10-24(3)12-9-23-26(16(28)15(12)18)13-7-6-11(8-22-13)17(19,20)21/h6-9H,4-5,10H2,1-3H3. The first-order valence-electron chi connectivity index (χ1n) is 8.40. The Morgan fingerprint density at radius 2 is 1.86 bits per heavy atom. The van der Waals surface area contributed by atoms with Gasteiger partial charge in [-0.05, 0) is 26.0 Å². The van der Waals surface area contributed by atoms with Crippen molar-refractivity contribution in [3.05, 3.63) is 45.5 Å². The normalized spacial score (nSPS) is 11.4. The van der Waals surface area contributed by atoms with E-state index in [-0.39, 0.29) is 29.0 Å². The molecule has 0 aliphatic heterocycles. The molecule has 7 nitrogen and oxygen atoms in total. The van der Waals surface area contributed by atoms with Crippen molar-refractivity contribution in [2.24, 2.45) is 0 Å². The number of nitrogens with zero attached hydrogens (tertiary/aromatic N) is 5. The number of hydrogen-bond donors (Lipinski definition) is 0. The zero-order chi connectivity index (χ0) is 21.1. The molecule has 152 valence electrons. The zero-order valence-electron chi connectivity index (χ0n) is 15.5. The van der Waals surface area contributed by atoms with Gasteiger partial charge in [0.2, 0.25) is 5.91 Å². The Morgan fingerprint density at radius 3 is 2.36 bits per heavy atom. The van der Waals surface area contributed by atoms with E-state index in [1.807, 2.05) is 13.8 Å². The van der Waals surface area contributed by atoms with E-state index in [9.17, 15) is 22.8 Å². The van der Waals surface area contributed by atoms with Gasteiger partial charge in [-0.3, -0.25) is 9.59 Å². The summed E-state index contributed by atoms with van der Waals surface area (Å²) >= 11 is 6.13. The van der Waals surface area contributed by atoms with Crippen molar-refractivity contribution >= 4 is 23.2 Å². The van der Waals surface area contributed by atoms with Crippen LogP contribution in [0.25, 0.3) is 5.82 Å². The highest BCUT2D eigenvalue weighted by atomic mass is 35.5. The van der Waals surface area contributed by atoms with E-state index >= 15 is 0 Å². The van der Waals surface area contributed by atoms with Crippen molar-refractivity contribution in [2.45, 2.75) is 20.0 Å². The third kappa shape index (κ3) is 4.61. The summed E-state index contributed by atoms with van der Waals surface area (Å²) in [5.74, 6) is -0.245. The van der Waals surface area contributed by atoms with Gasteiger partial charge in [0, 0.05) is 26.3 Å². The minimum Gasteiger partial charge on any atom is -0.363 e. The van der Waals surface area contributed by atoms with Gasteiger partial charge in [-0.15, -0.1) is 0 Å². The summed E-state index contributed by atoms with van der Waals surface area (Å²) in [4.78, 5) is 31.5. The largest absolute Gasteiger partial charge is 0.417 e. The number of amides is 1. The van der Waals surface area contributed by atoms with Crippen LogP contribution in [-0.4, -0.2) is 52.3 Å². The first-order valence-corrected chi connectivity index (χ1v) is 8.78. The first kappa shape index (κ1) is 21.7. The van der Waals surface area contributed by atoms with Crippen molar-refractivity contribution in [3.8, 4) is 5.82 Å². The van der Waals surface area contributed by atoms with Crippen molar-refractivity contribution < 1.29 is 18.0 Å². The van der Waals surface area contributed by atoms with E-state index in [1.165, 1.54) is 11.1 Å². The van der Waals surface area contributed by atoms with Gasteiger partial charge in [-0.1, -0.05) is 11.6 Å². The molecule has 0 atom stereocenters. The smallest absolute Gasteiger partial charge is 0.363 e. The van der Waals surface area contributed by atoms with Gasteiger partial charge >= 0.3 is 6.18 Å². The molecule has 2 aromatic heterocycles. The molecule has 0 saturated carbocycles. The van der Waals surface area contributed by atoms with Gasteiger partial charge in [0.15, 0.2) is 5.82 Å². The molecule has 0 aromatic carbocycles. The Labute approximate surface area is 164 Å². The molecule has 11 heteroatoms. The molecule has 1 amide bonds. The number of carbonyl (C=O) groups is 1. The highest BCUT2D eigenvalue weighted by Gasteiger charge is 2.30. The van der Waals surface area contributed by atoms with E-state index in [4.69, 9.17) is 11.6 Å². The minimum absolute atomic E-state index is 0.00887. The van der Waals surface area contributed by atoms with Gasteiger partial charge in [-0.2, -0.15) is 23.0 Å². The maximum atomic E-state index is 12.6. The lowest BCUT2D eigenvalue weighted by molar-refractivity contribution is -0.137. The molecular formula is C17H19ClF3N5O2. The number of pyridine rings is 1. The number of rotatable bonds is 6.